The van der Waals surface area contributed by atoms with Crippen LogP contribution >= 0.6 is 23.1 Å². The SMILES string of the molecule is CCN(CC)CCN(C(=O)c1ccc(S(=O)(=O)N(C)c2ccccc2)cc1)c1nc2c(SC)cccc2s1. The molecule has 1 aromatic heterocycles. The molecule has 0 aliphatic carbocycles. The number of likely N-dealkylation sites (N-methyl/N-ethyl adjacent to an activating group) is 1. The van der Waals surface area contributed by atoms with Crippen LogP contribution in [0.1, 0.15) is 24.2 Å². The van der Waals surface area contributed by atoms with Gasteiger partial charge in [-0.15, -0.1) is 11.8 Å². The average Bonchev–Trinajstić information content (AvgIpc) is 3.39. The van der Waals surface area contributed by atoms with Crippen LogP contribution in [-0.2, 0) is 10.0 Å². The van der Waals surface area contributed by atoms with Gasteiger partial charge in [0.1, 0.15) is 0 Å². The molecule has 0 spiro atoms. The second-order valence-electron chi connectivity index (χ2n) is 8.62. The molecule has 0 bridgehead atoms. The third-order valence-electron chi connectivity index (χ3n) is 6.48. The Hall–Kier alpha value is -2.92. The van der Waals surface area contributed by atoms with E-state index in [1.165, 1.54) is 34.8 Å². The number of carbonyl (C=O) groups excluding carboxylic acids is 1. The van der Waals surface area contributed by atoms with Crippen LogP contribution < -0.4 is 9.21 Å². The van der Waals surface area contributed by atoms with E-state index >= 15 is 0 Å². The highest BCUT2D eigenvalue weighted by molar-refractivity contribution is 7.98. The lowest BCUT2D eigenvalue weighted by molar-refractivity contribution is 0.0983. The molecule has 0 unspecified atom stereocenters. The van der Waals surface area contributed by atoms with E-state index in [1.54, 1.807) is 53.1 Å². The van der Waals surface area contributed by atoms with Gasteiger partial charge in [0.2, 0.25) is 0 Å². The van der Waals surface area contributed by atoms with Gasteiger partial charge in [0.25, 0.3) is 15.9 Å². The van der Waals surface area contributed by atoms with Gasteiger partial charge in [0, 0.05) is 30.6 Å². The zero-order valence-electron chi connectivity index (χ0n) is 22.0. The smallest absolute Gasteiger partial charge is 0.264 e. The predicted octanol–water partition coefficient (Wildman–Crippen LogP) is 5.83. The molecule has 0 radical (unpaired) electrons. The number of thiazole rings is 1. The fourth-order valence-corrected chi connectivity index (χ4v) is 6.96. The lowest BCUT2D eigenvalue weighted by Gasteiger charge is -2.25. The zero-order chi connectivity index (χ0) is 27.3. The number of hydrogen-bond acceptors (Lipinski definition) is 7. The van der Waals surface area contributed by atoms with E-state index in [9.17, 15) is 13.2 Å². The number of sulfonamides is 1. The Labute approximate surface area is 233 Å². The van der Waals surface area contributed by atoms with E-state index in [0.29, 0.717) is 29.5 Å². The number of anilines is 2. The molecule has 0 N–H and O–H groups in total. The number of amides is 1. The first-order valence-electron chi connectivity index (χ1n) is 12.4. The maximum absolute atomic E-state index is 13.8. The minimum Gasteiger partial charge on any atom is -0.302 e. The Balaban J connectivity index is 1.65. The van der Waals surface area contributed by atoms with Gasteiger partial charge in [-0.05, 0) is 67.9 Å². The number of rotatable bonds is 11. The molecule has 10 heteroatoms. The molecule has 0 atom stereocenters. The fourth-order valence-electron chi connectivity index (χ4n) is 4.12. The zero-order valence-corrected chi connectivity index (χ0v) is 24.4. The first-order valence-corrected chi connectivity index (χ1v) is 15.9. The standard InChI is InChI=1S/C28H32N4O3S3/c1-5-31(6-2)19-20-32(28-29-26-24(36-4)13-10-14-25(26)37-28)27(33)21-15-17-23(18-16-21)38(34,35)30(3)22-11-8-7-9-12-22/h7-18H,5-6,19-20H2,1-4H3. The number of para-hydroxylation sites is 2. The first-order chi connectivity index (χ1) is 18.3. The van der Waals surface area contributed by atoms with E-state index in [2.05, 4.69) is 18.7 Å². The van der Waals surface area contributed by atoms with E-state index in [1.807, 2.05) is 30.5 Å². The molecule has 200 valence electrons. The van der Waals surface area contributed by atoms with Crippen LogP contribution in [0.2, 0.25) is 0 Å². The van der Waals surface area contributed by atoms with Crippen LogP contribution in [-0.4, -0.2) is 63.7 Å². The Morgan fingerprint density at radius 1 is 0.921 bits per heavy atom. The number of fused-ring (bicyclic) bond motifs is 1. The van der Waals surface area contributed by atoms with Crippen LogP contribution in [0.25, 0.3) is 10.2 Å². The molecule has 1 amide bonds. The van der Waals surface area contributed by atoms with E-state index in [4.69, 9.17) is 4.98 Å². The summed E-state index contributed by atoms with van der Waals surface area (Å²) in [5.41, 5.74) is 1.87. The van der Waals surface area contributed by atoms with E-state index < -0.39 is 10.0 Å². The van der Waals surface area contributed by atoms with Crippen LogP contribution in [0.5, 0.6) is 0 Å². The molecule has 0 aliphatic heterocycles. The van der Waals surface area contributed by atoms with Crippen LogP contribution in [0.3, 0.4) is 0 Å². The summed E-state index contributed by atoms with van der Waals surface area (Å²) >= 11 is 3.12. The Morgan fingerprint density at radius 2 is 1.61 bits per heavy atom. The molecule has 0 saturated carbocycles. The maximum atomic E-state index is 13.8. The number of hydrogen-bond donors (Lipinski definition) is 0. The summed E-state index contributed by atoms with van der Waals surface area (Å²) < 4.78 is 28.6. The van der Waals surface area contributed by atoms with Crippen molar-refractivity contribution in [3.05, 3.63) is 78.4 Å². The topological polar surface area (TPSA) is 73.8 Å². The van der Waals surface area contributed by atoms with Crippen molar-refractivity contribution in [2.24, 2.45) is 0 Å². The van der Waals surface area contributed by atoms with Crippen LogP contribution in [0.15, 0.2) is 82.6 Å². The summed E-state index contributed by atoms with van der Waals surface area (Å²) in [5, 5.41) is 0.638. The normalized spacial score (nSPS) is 11.7. The minimum absolute atomic E-state index is 0.125. The molecule has 3 aromatic carbocycles. The minimum atomic E-state index is -3.77. The molecular formula is C28H32N4O3S3. The summed E-state index contributed by atoms with van der Waals surface area (Å²) in [6.45, 7) is 7.16. The number of carbonyl (C=O) groups is 1. The molecule has 0 saturated heterocycles. The number of benzene rings is 3. The summed E-state index contributed by atoms with van der Waals surface area (Å²) in [6.07, 6.45) is 2.02. The summed E-state index contributed by atoms with van der Waals surface area (Å²) in [5.74, 6) is -0.206. The van der Waals surface area contributed by atoms with Crippen molar-refractivity contribution in [3.63, 3.8) is 0 Å². The number of aromatic nitrogens is 1. The lowest BCUT2D eigenvalue weighted by atomic mass is 10.2. The number of nitrogens with zero attached hydrogens (tertiary/aromatic N) is 4. The van der Waals surface area contributed by atoms with Crippen molar-refractivity contribution < 1.29 is 13.2 Å². The van der Waals surface area contributed by atoms with Crippen LogP contribution in [0, 0.1) is 0 Å². The predicted molar refractivity (Wildman–Crippen MR) is 159 cm³/mol. The Kier molecular flexibility index (Phi) is 9.09. The average molecular weight is 569 g/mol. The van der Waals surface area contributed by atoms with Gasteiger partial charge in [0.15, 0.2) is 5.13 Å². The molecule has 7 nitrogen and oxygen atoms in total. The monoisotopic (exact) mass is 568 g/mol. The van der Waals surface area contributed by atoms with Crippen molar-refractivity contribution in [2.45, 2.75) is 23.6 Å². The molecular weight excluding hydrogens is 537 g/mol. The number of thioether (sulfide) groups is 1. The van der Waals surface area contributed by atoms with Gasteiger partial charge in [-0.2, -0.15) is 0 Å². The summed E-state index contributed by atoms with van der Waals surface area (Å²) in [6, 6.07) is 21.1. The quantitative estimate of drug-likeness (QED) is 0.212. The van der Waals surface area contributed by atoms with Crippen molar-refractivity contribution in [1.82, 2.24) is 9.88 Å². The molecule has 4 rings (SSSR count). The Morgan fingerprint density at radius 3 is 2.24 bits per heavy atom. The van der Waals surface area contributed by atoms with Gasteiger partial charge in [-0.1, -0.05) is 49.4 Å². The second kappa shape index (κ2) is 12.3. The molecule has 0 aliphatic rings. The third-order valence-corrected chi connectivity index (χ3v) is 10.1. The third kappa shape index (κ3) is 5.88. The van der Waals surface area contributed by atoms with Gasteiger partial charge in [-0.3, -0.25) is 14.0 Å². The molecule has 1 heterocycles. The van der Waals surface area contributed by atoms with Gasteiger partial charge >= 0.3 is 0 Å². The van der Waals surface area contributed by atoms with Crippen molar-refractivity contribution in [2.75, 3.05) is 48.7 Å². The molecule has 4 aromatic rings. The fraction of sp³-hybridized carbons (Fsp3) is 0.286. The molecule has 38 heavy (non-hydrogen) atoms. The summed E-state index contributed by atoms with van der Waals surface area (Å²) in [4.78, 5) is 23.8. The summed E-state index contributed by atoms with van der Waals surface area (Å²) in [7, 11) is -2.25. The lowest BCUT2D eigenvalue weighted by Crippen LogP contribution is -2.38. The maximum Gasteiger partial charge on any atom is 0.264 e. The van der Waals surface area contributed by atoms with E-state index in [0.717, 1.165) is 28.2 Å². The van der Waals surface area contributed by atoms with Crippen molar-refractivity contribution in [3.8, 4) is 0 Å². The van der Waals surface area contributed by atoms with Gasteiger partial charge < -0.3 is 4.90 Å². The highest BCUT2D eigenvalue weighted by atomic mass is 32.2. The second-order valence-corrected chi connectivity index (χ2v) is 12.4. The van der Waals surface area contributed by atoms with Crippen LogP contribution in [0.4, 0.5) is 10.8 Å². The highest BCUT2D eigenvalue weighted by Gasteiger charge is 2.25. The van der Waals surface area contributed by atoms with E-state index in [-0.39, 0.29) is 10.8 Å². The van der Waals surface area contributed by atoms with Crippen molar-refractivity contribution >= 4 is 60.1 Å². The van der Waals surface area contributed by atoms with Crippen molar-refractivity contribution in [1.29, 1.82) is 0 Å². The Bertz CT molecular complexity index is 1490. The van der Waals surface area contributed by atoms with Gasteiger partial charge in [-0.25, -0.2) is 13.4 Å². The highest BCUT2D eigenvalue weighted by Crippen LogP contribution is 2.34. The van der Waals surface area contributed by atoms with Gasteiger partial charge in [0.05, 0.1) is 20.8 Å². The first kappa shape index (κ1) is 28.1. The molecule has 0 fully saturated rings. The largest absolute Gasteiger partial charge is 0.302 e.